The number of anilines is 1. The SMILES string of the molecule is Cn1cc2c(n1)C(=O)NCCNCCCc1cc(ccn1)-c1nc(cs1)C(=O)N2. The van der Waals surface area contributed by atoms with Gasteiger partial charge in [0, 0.05) is 49.2 Å². The second-order valence-corrected chi connectivity index (χ2v) is 7.56. The highest BCUT2D eigenvalue weighted by molar-refractivity contribution is 7.13. The van der Waals surface area contributed by atoms with Crippen molar-refractivity contribution in [2.75, 3.05) is 25.0 Å². The molecule has 150 valence electrons. The predicted octanol–water partition coefficient (Wildman–Crippen LogP) is 1.46. The Morgan fingerprint density at radius 2 is 2.07 bits per heavy atom. The van der Waals surface area contributed by atoms with Crippen LogP contribution in [0.25, 0.3) is 10.6 Å². The molecule has 0 spiro atoms. The number of thiazole rings is 1. The third kappa shape index (κ3) is 4.49. The Labute approximate surface area is 171 Å². The molecule has 3 aromatic heterocycles. The highest BCUT2D eigenvalue weighted by Gasteiger charge is 2.20. The van der Waals surface area contributed by atoms with Gasteiger partial charge in [0.1, 0.15) is 10.7 Å². The molecule has 0 aliphatic carbocycles. The zero-order chi connectivity index (χ0) is 20.2. The van der Waals surface area contributed by atoms with Crippen LogP contribution in [0.1, 0.15) is 33.1 Å². The number of hydrogen-bond donors (Lipinski definition) is 3. The molecule has 0 unspecified atom stereocenters. The summed E-state index contributed by atoms with van der Waals surface area (Å²) >= 11 is 1.40. The van der Waals surface area contributed by atoms with E-state index in [9.17, 15) is 9.59 Å². The average Bonchev–Trinajstić information content (AvgIpc) is 3.34. The number of rotatable bonds is 0. The highest BCUT2D eigenvalue weighted by atomic mass is 32.1. The quantitative estimate of drug-likeness (QED) is 0.516. The number of pyridine rings is 1. The van der Waals surface area contributed by atoms with Crippen LogP contribution in [0.4, 0.5) is 5.69 Å². The number of carbonyl (C=O) groups excluding carboxylic acids is 2. The molecule has 9 nitrogen and oxygen atoms in total. The first-order valence-electron chi connectivity index (χ1n) is 9.35. The van der Waals surface area contributed by atoms with Crippen LogP contribution in [0.3, 0.4) is 0 Å². The maximum absolute atomic E-state index is 12.7. The third-order valence-electron chi connectivity index (χ3n) is 4.47. The van der Waals surface area contributed by atoms with Gasteiger partial charge in [0.05, 0.1) is 5.69 Å². The van der Waals surface area contributed by atoms with E-state index in [-0.39, 0.29) is 17.5 Å². The number of aryl methyl sites for hydroxylation is 2. The van der Waals surface area contributed by atoms with Crippen molar-refractivity contribution in [3.8, 4) is 10.6 Å². The molecule has 0 radical (unpaired) electrons. The van der Waals surface area contributed by atoms with Crippen molar-refractivity contribution in [1.29, 1.82) is 0 Å². The Morgan fingerprint density at radius 3 is 2.97 bits per heavy atom. The van der Waals surface area contributed by atoms with Gasteiger partial charge in [0.2, 0.25) is 0 Å². The van der Waals surface area contributed by atoms with Gasteiger partial charge in [0.15, 0.2) is 5.69 Å². The predicted molar refractivity (Wildman–Crippen MR) is 110 cm³/mol. The maximum Gasteiger partial charge on any atom is 0.275 e. The van der Waals surface area contributed by atoms with E-state index in [2.05, 4.69) is 31.0 Å². The molecule has 3 N–H and O–H groups in total. The molecule has 1 aliphatic rings. The monoisotopic (exact) mass is 411 g/mol. The number of nitrogens with one attached hydrogen (secondary N) is 3. The molecule has 3 aromatic rings. The van der Waals surface area contributed by atoms with Crippen LogP contribution in [-0.2, 0) is 13.5 Å². The van der Waals surface area contributed by atoms with Gasteiger partial charge in [-0.05, 0) is 31.5 Å². The van der Waals surface area contributed by atoms with E-state index in [0.29, 0.717) is 24.5 Å². The normalized spacial score (nSPS) is 15.6. The van der Waals surface area contributed by atoms with Crippen molar-refractivity contribution in [3.05, 3.63) is 47.0 Å². The van der Waals surface area contributed by atoms with Crippen molar-refractivity contribution < 1.29 is 9.59 Å². The first-order valence-corrected chi connectivity index (χ1v) is 10.2. The molecule has 0 aromatic carbocycles. The summed E-state index contributed by atoms with van der Waals surface area (Å²) in [6.45, 7) is 1.94. The van der Waals surface area contributed by atoms with Gasteiger partial charge in [-0.3, -0.25) is 19.3 Å². The fourth-order valence-corrected chi connectivity index (χ4v) is 3.86. The van der Waals surface area contributed by atoms with Crippen molar-refractivity contribution in [3.63, 3.8) is 0 Å². The molecular weight excluding hydrogens is 390 g/mol. The molecule has 4 bridgehead atoms. The van der Waals surface area contributed by atoms with E-state index in [1.807, 2.05) is 12.1 Å². The molecule has 2 amide bonds. The number of fused-ring (bicyclic) bond motifs is 6. The average molecular weight is 411 g/mol. The van der Waals surface area contributed by atoms with Crippen molar-refractivity contribution in [1.82, 2.24) is 30.4 Å². The molecule has 1 aliphatic heterocycles. The minimum Gasteiger partial charge on any atom is -0.349 e. The fraction of sp³-hybridized carbons (Fsp3) is 0.316. The zero-order valence-corrected chi connectivity index (χ0v) is 16.8. The van der Waals surface area contributed by atoms with Gasteiger partial charge in [0.25, 0.3) is 11.8 Å². The maximum atomic E-state index is 12.7. The van der Waals surface area contributed by atoms with E-state index >= 15 is 0 Å². The summed E-state index contributed by atoms with van der Waals surface area (Å²) in [5.41, 5.74) is 2.75. The van der Waals surface area contributed by atoms with Crippen molar-refractivity contribution in [2.24, 2.45) is 7.05 Å². The Kier molecular flexibility index (Phi) is 5.63. The first-order chi connectivity index (χ1) is 14.1. The lowest BCUT2D eigenvalue weighted by Crippen LogP contribution is -2.33. The standard InChI is InChI=1S/C19H21N7O2S/c1-26-10-14-16(25-26)18(28)22-8-7-20-5-2-3-13-9-12(4-6-21-13)19-24-15(11-29-19)17(27)23-14/h4,6,9-11,20H,2-3,5,7-8H2,1H3,(H,22,28)(H,23,27). The molecule has 10 heteroatoms. The molecule has 0 saturated heterocycles. The summed E-state index contributed by atoms with van der Waals surface area (Å²) < 4.78 is 1.50. The van der Waals surface area contributed by atoms with E-state index in [4.69, 9.17) is 0 Å². The number of nitrogens with zero attached hydrogens (tertiary/aromatic N) is 4. The van der Waals surface area contributed by atoms with E-state index in [0.717, 1.165) is 35.7 Å². The molecule has 0 fully saturated rings. The minimum atomic E-state index is -0.383. The molecule has 0 atom stereocenters. The van der Waals surface area contributed by atoms with Crippen LogP contribution in [0.15, 0.2) is 29.9 Å². The third-order valence-corrected chi connectivity index (χ3v) is 5.36. The Balaban J connectivity index is 1.64. The van der Waals surface area contributed by atoms with Crippen LogP contribution in [0, 0.1) is 0 Å². The largest absolute Gasteiger partial charge is 0.349 e. The fourth-order valence-electron chi connectivity index (χ4n) is 3.06. The Bertz CT molecular complexity index is 1040. The van der Waals surface area contributed by atoms with Crippen molar-refractivity contribution >= 4 is 28.8 Å². The van der Waals surface area contributed by atoms with Crippen LogP contribution in [-0.4, -0.2) is 51.2 Å². The Morgan fingerprint density at radius 1 is 1.17 bits per heavy atom. The van der Waals surface area contributed by atoms with E-state index in [1.165, 1.54) is 16.0 Å². The number of amides is 2. The second-order valence-electron chi connectivity index (χ2n) is 6.70. The summed E-state index contributed by atoms with van der Waals surface area (Å²) in [4.78, 5) is 34.0. The smallest absolute Gasteiger partial charge is 0.275 e. The lowest BCUT2D eigenvalue weighted by Gasteiger charge is -2.08. The lowest BCUT2D eigenvalue weighted by molar-refractivity contribution is 0.0949. The van der Waals surface area contributed by atoms with Crippen LogP contribution in [0.2, 0.25) is 0 Å². The zero-order valence-electron chi connectivity index (χ0n) is 15.9. The van der Waals surface area contributed by atoms with Crippen LogP contribution in [0.5, 0.6) is 0 Å². The van der Waals surface area contributed by atoms with Crippen LogP contribution >= 0.6 is 11.3 Å². The molecular formula is C19H21N7O2S. The van der Waals surface area contributed by atoms with Gasteiger partial charge in [-0.25, -0.2) is 4.98 Å². The minimum absolute atomic E-state index is 0.177. The molecule has 4 rings (SSSR count). The molecule has 0 saturated carbocycles. The Hall–Kier alpha value is -3.11. The summed E-state index contributed by atoms with van der Waals surface area (Å²) in [7, 11) is 1.70. The van der Waals surface area contributed by atoms with Gasteiger partial charge >= 0.3 is 0 Å². The van der Waals surface area contributed by atoms with Crippen molar-refractivity contribution in [2.45, 2.75) is 12.8 Å². The topological polar surface area (TPSA) is 114 Å². The molecule has 29 heavy (non-hydrogen) atoms. The number of carbonyl (C=O) groups is 2. The summed E-state index contributed by atoms with van der Waals surface area (Å²) in [5, 5.41) is 15.5. The lowest BCUT2D eigenvalue weighted by atomic mass is 10.1. The highest BCUT2D eigenvalue weighted by Crippen LogP contribution is 2.25. The van der Waals surface area contributed by atoms with Gasteiger partial charge in [-0.2, -0.15) is 5.10 Å². The summed E-state index contributed by atoms with van der Waals surface area (Å²) in [5.74, 6) is -0.714. The van der Waals surface area contributed by atoms with Gasteiger partial charge < -0.3 is 16.0 Å². The second kappa shape index (κ2) is 8.50. The first kappa shape index (κ1) is 19.2. The number of aromatic nitrogens is 4. The summed E-state index contributed by atoms with van der Waals surface area (Å²) in [6.07, 6.45) is 5.14. The summed E-state index contributed by atoms with van der Waals surface area (Å²) in [6, 6.07) is 3.91. The molecule has 4 heterocycles. The van der Waals surface area contributed by atoms with Gasteiger partial charge in [-0.15, -0.1) is 11.3 Å². The number of hydrogen-bond acceptors (Lipinski definition) is 7. The van der Waals surface area contributed by atoms with E-state index in [1.54, 1.807) is 24.8 Å². The van der Waals surface area contributed by atoms with Gasteiger partial charge in [-0.1, -0.05) is 0 Å². The van der Waals surface area contributed by atoms with Crippen LogP contribution < -0.4 is 16.0 Å². The van der Waals surface area contributed by atoms with E-state index < -0.39 is 0 Å².